The fourth-order valence-electron chi connectivity index (χ4n) is 4.98. The Bertz CT molecular complexity index is 1200. The number of hydrogen-bond donors (Lipinski definition) is 0. The molecule has 2 atom stereocenters. The third kappa shape index (κ3) is 5.38. The van der Waals surface area contributed by atoms with Crippen molar-refractivity contribution in [3.05, 3.63) is 29.3 Å². The molecule has 0 spiro atoms. The van der Waals surface area contributed by atoms with E-state index in [4.69, 9.17) is 19.2 Å². The minimum Gasteiger partial charge on any atom is -0.486 e. The van der Waals surface area contributed by atoms with Crippen molar-refractivity contribution in [1.82, 2.24) is 40.2 Å². The molecular weight excluding hydrogens is 464 g/mol. The Morgan fingerprint density at radius 1 is 1.17 bits per heavy atom. The van der Waals surface area contributed by atoms with Crippen LogP contribution in [-0.2, 0) is 34.3 Å². The highest BCUT2D eigenvalue weighted by Gasteiger charge is 2.30. The fraction of sp³-hybridized carbons (Fsp3) is 0.625. The van der Waals surface area contributed by atoms with Crippen molar-refractivity contribution in [2.24, 2.45) is 18.9 Å². The average molecular weight is 497 g/mol. The van der Waals surface area contributed by atoms with Crippen LogP contribution < -0.4 is 4.74 Å². The van der Waals surface area contributed by atoms with Crippen LogP contribution in [0.2, 0.25) is 0 Å². The van der Waals surface area contributed by atoms with Crippen LogP contribution in [0.15, 0.2) is 12.1 Å². The molecule has 36 heavy (non-hydrogen) atoms. The molecule has 1 aliphatic heterocycles. The van der Waals surface area contributed by atoms with E-state index < -0.39 is 0 Å². The zero-order valence-electron chi connectivity index (χ0n) is 21.0. The predicted molar refractivity (Wildman–Crippen MR) is 127 cm³/mol. The summed E-state index contributed by atoms with van der Waals surface area (Å²) in [4.78, 5) is 18.2. The summed E-state index contributed by atoms with van der Waals surface area (Å²) in [6.45, 7) is 3.03. The van der Waals surface area contributed by atoms with E-state index in [9.17, 15) is 4.79 Å². The van der Waals surface area contributed by atoms with Crippen molar-refractivity contribution in [2.45, 2.75) is 58.1 Å². The van der Waals surface area contributed by atoms with Gasteiger partial charge >= 0.3 is 5.97 Å². The number of tetrazole rings is 1. The highest BCUT2D eigenvalue weighted by atomic mass is 16.5. The molecule has 3 aromatic rings. The summed E-state index contributed by atoms with van der Waals surface area (Å²) >= 11 is 0. The average Bonchev–Trinajstić information content (AvgIpc) is 3.64. The van der Waals surface area contributed by atoms with Gasteiger partial charge in [-0.1, -0.05) is 30.9 Å². The lowest BCUT2D eigenvalue weighted by molar-refractivity contribution is -0.152. The lowest BCUT2D eigenvalue weighted by Crippen LogP contribution is -2.37. The van der Waals surface area contributed by atoms with Gasteiger partial charge in [0, 0.05) is 19.9 Å². The number of pyridine rings is 1. The molecule has 0 amide bonds. The van der Waals surface area contributed by atoms with Gasteiger partial charge in [-0.05, 0) is 30.2 Å². The van der Waals surface area contributed by atoms with Crippen LogP contribution >= 0.6 is 0 Å². The minimum absolute atomic E-state index is 0.252. The summed E-state index contributed by atoms with van der Waals surface area (Å²) in [5.41, 5.74) is 2.89. The maximum atomic E-state index is 11.9. The molecule has 0 aromatic carbocycles. The van der Waals surface area contributed by atoms with Crippen molar-refractivity contribution >= 4 is 5.97 Å². The topological polar surface area (TPSA) is 132 Å². The second-order valence-electron chi connectivity index (χ2n) is 9.61. The number of methoxy groups -OCH3 is 1. The largest absolute Gasteiger partial charge is 0.486 e. The first-order valence-electron chi connectivity index (χ1n) is 12.5. The first-order valence-corrected chi connectivity index (χ1v) is 12.5. The van der Waals surface area contributed by atoms with E-state index >= 15 is 0 Å². The van der Waals surface area contributed by atoms with Gasteiger partial charge in [0.25, 0.3) is 0 Å². The van der Waals surface area contributed by atoms with Gasteiger partial charge in [-0.2, -0.15) is 4.80 Å². The molecule has 2 fully saturated rings. The predicted octanol–water partition coefficient (Wildman–Crippen LogP) is 1.91. The number of hydrogen-bond acceptors (Lipinski definition) is 10. The van der Waals surface area contributed by atoms with Crippen LogP contribution in [0.1, 0.15) is 49.3 Å². The van der Waals surface area contributed by atoms with E-state index in [1.54, 1.807) is 9.48 Å². The maximum Gasteiger partial charge on any atom is 0.311 e. The summed E-state index contributed by atoms with van der Waals surface area (Å²) in [5, 5.41) is 21.6. The van der Waals surface area contributed by atoms with E-state index in [2.05, 4.69) is 25.7 Å². The normalized spacial score (nSPS) is 20.5. The third-order valence-corrected chi connectivity index (χ3v) is 6.95. The number of ether oxygens (including phenoxy) is 3. The molecule has 12 nitrogen and oxygen atoms in total. The van der Waals surface area contributed by atoms with Gasteiger partial charge in [-0.15, -0.1) is 15.3 Å². The molecule has 5 rings (SSSR count). The van der Waals surface area contributed by atoms with Crippen molar-refractivity contribution in [3.63, 3.8) is 0 Å². The monoisotopic (exact) mass is 496 g/mol. The Labute approximate surface area is 209 Å². The van der Waals surface area contributed by atoms with Gasteiger partial charge in [0.2, 0.25) is 0 Å². The second kappa shape index (κ2) is 10.7. The van der Waals surface area contributed by atoms with Gasteiger partial charge in [-0.3, -0.25) is 4.79 Å². The zero-order valence-corrected chi connectivity index (χ0v) is 21.0. The third-order valence-electron chi connectivity index (χ3n) is 6.95. The second-order valence-corrected chi connectivity index (χ2v) is 9.61. The highest BCUT2D eigenvalue weighted by molar-refractivity contribution is 5.72. The van der Waals surface area contributed by atoms with E-state index in [0.29, 0.717) is 54.9 Å². The maximum absolute atomic E-state index is 11.9. The number of rotatable bonds is 8. The van der Waals surface area contributed by atoms with Crippen LogP contribution in [0, 0.1) is 18.8 Å². The zero-order chi connectivity index (χ0) is 25.1. The molecule has 2 unspecified atom stereocenters. The highest BCUT2D eigenvalue weighted by Crippen LogP contribution is 2.28. The molecule has 1 saturated carbocycles. The standard InChI is InChI=1S/C24H32N8O4/c1-15-21(36-18-11-17(13-35-14-18)24(33)34-3)9-8-19(25-15)23-20(31(2)29-27-23)12-32-28-22(26-30-32)10-16-6-4-5-7-16/h8-9,16-18H,4-7,10-14H2,1-3H3. The Balaban J connectivity index is 1.28. The Hall–Kier alpha value is -3.41. The summed E-state index contributed by atoms with van der Waals surface area (Å²) in [6, 6.07) is 3.73. The molecule has 4 heterocycles. The van der Waals surface area contributed by atoms with Crippen LogP contribution in [0.5, 0.6) is 5.75 Å². The van der Waals surface area contributed by atoms with Gasteiger partial charge in [0.15, 0.2) is 5.82 Å². The fourth-order valence-corrected chi connectivity index (χ4v) is 4.98. The van der Waals surface area contributed by atoms with Crippen molar-refractivity contribution in [3.8, 4) is 17.1 Å². The Morgan fingerprint density at radius 2 is 2.00 bits per heavy atom. The number of aromatic nitrogens is 8. The van der Waals surface area contributed by atoms with E-state index in [1.807, 2.05) is 26.1 Å². The van der Waals surface area contributed by atoms with Crippen molar-refractivity contribution in [1.29, 1.82) is 0 Å². The lowest BCUT2D eigenvalue weighted by atomic mass is 10.0. The molecule has 0 N–H and O–H groups in total. The summed E-state index contributed by atoms with van der Waals surface area (Å²) in [5.74, 6) is 1.48. The van der Waals surface area contributed by atoms with Gasteiger partial charge < -0.3 is 14.2 Å². The molecule has 12 heteroatoms. The molecule has 1 saturated heterocycles. The van der Waals surface area contributed by atoms with Gasteiger partial charge in [0.05, 0.1) is 43.3 Å². The molecule has 0 radical (unpaired) electrons. The van der Waals surface area contributed by atoms with Crippen LogP contribution in [0.25, 0.3) is 11.4 Å². The van der Waals surface area contributed by atoms with E-state index in [-0.39, 0.29) is 18.0 Å². The summed E-state index contributed by atoms with van der Waals surface area (Å²) in [7, 11) is 3.22. The summed E-state index contributed by atoms with van der Waals surface area (Å²) in [6.07, 6.45) is 6.24. The van der Waals surface area contributed by atoms with Crippen LogP contribution in [0.3, 0.4) is 0 Å². The molecule has 3 aromatic heterocycles. The molecule has 1 aliphatic carbocycles. The van der Waals surface area contributed by atoms with Crippen LogP contribution in [-0.4, -0.2) is 72.6 Å². The SMILES string of the molecule is COC(=O)C1COCC(Oc2ccc(-c3nnn(C)c3Cn3nnc(CC4CCCC4)n3)nc2C)C1. The minimum atomic E-state index is -0.326. The van der Waals surface area contributed by atoms with Crippen molar-refractivity contribution < 1.29 is 19.0 Å². The molecule has 192 valence electrons. The van der Waals surface area contributed by atoms with Crippen molar-refractivity contribution in [2.75, 3.05) is 20.3 Å². The van der Waals surface area contributed by atoms with E-state index in [1.165, 1.54) is 32.8 Å². The quantitative estimate of drug-likeness (QED) is 0.426. The van der Waals surface area contributed by atoms with Gasteiger partial charge in [-0.25, -0.2) is 9.67 Å². The Kier molecular flexibility index (Phi) is 7.21. The van der Waals surface area contributed by atoms with Gasteiger partial charge in [0.1, 0.15) is 24.1 Å². The molecule has 2 aliphatic rings. The summed E-state index contributed by atoms with van der Waals surface area (Å²) < 4.78 is 18.2. The molecule has 0 bridgehead atoms. The first kappa shape index (κ1) is 24.3. The first-order chi connectivity index (χ1) is 17.5. The number of esters is 1. The smallest absolute Gasteiger partial charge is 0.311 e. The Morgan fingerprint density at radius 3 is 2.78 bits per heavy atom. The lowest BCUT2D eigenvalue weighted by Gasteiger charge is -2.28. The number of carbonyl (C=O) groups is 1. The molecular formula is C24H32N8O4. The number of carbonyl (C=O) groups excluding carboxylic acids is 1. The number of nitrogens with zero attached hydrogens (tertiary/aromatic N) is 8. The van der Waals surface area contributed by atoms with Crippen LogP contribution in [0.4, 0.5) is 0 Å². The van der Waals surface area contributed by atoms with E-state index in [0.717, 1.165) is 17.9 Å². The number of aryl methyl sites for hydroxylation is 2.